The number of ether oxygens (including phenoxy) is 1. The molecule has 0 radical (unpaired) electrons. The number of methoxy groups -OCH3 is 1. The quantitative estimate of drug-likeness (QED) is 0.383. The predicted octanol–water partition coefficient (Wildman–Crippen LogP) is 3.47. The van der Waals surface area contributed by atoms with Gasteiger partial charge in [-0.15, -0.1) is 24.0 Å². The lowest BCUT2D eigenvalue weighted by Crippen LogP contribution is -2.52. The van der Waals surface area contributed by atoms with Crippen molar-refractivity contribution in [3.05, 3.63) is 59.7 Å². The van der Waals surface area contributed by atoms with E-state index in [1.807, 2.05) is 36.4 Å². The van der Waals surface area contributed by atoms with Crippen LogP contribution in [0.2, 0.25) is 0 Å². The summed E-state index contributed by atoms with van der Waals surface area (Å²) < 4.78 is 5.24. The van der Waals surface area contributed by atoms with Crippen molar-refractivity contribution in [2.24, 2.45) is 4.99 Å². The number of piperazine rings is 1. The van der Waals surface area contributed by atoms with E-state index in [9.17, 15) is 0 Å². The van der Waals surface area contributed by atoms with Gasteiger partial charge in [0, 0.05) is 38.4 Å². The molecule has 0 atom stereocenters. The third-order valence-electron chi connectivity index (χ3n) is 4.85. The minimum Gasteiger partial charge on any atom is -0.497 e. The maximum atomic E-state index is 8.91. The summed E-state index contributed by atoms with van der Waals surface area (Å²) in [7, 11) is 1.69. The molecule has 1 heterocycles. The summed E-state index contributed by atoms with van der Waals surface area (Å²) >= 11 is 0. The second kappa shape index (κ2) is 11.5. The third kappa shape index (κ3) is 6.26. The van der Waals surface area contributed by atoms with E-state index in [2.05, 4.69) is 40.2 Å². The molecule has 0 aliphatic carbocycles. The fourth-order valence-corrected chi connectivity index (χ4v) is 3.25. The van der Waals surface area contributed by atoms with Crippen LogP contribution in [0.1, 0.15) is 18.1 Å². The first-order valence-electron chi connectivity index (χ1n) is 9.64. The van der Waals surface area contributed by atoms with Crippen molar-refractivity contribution in [3.8, 4) is 11.8 Å². The molecule has 6 nitrogen and oxygen atoms in total. The molecule has 0 unspecified atom stereocenters. The van der Waals surface area contributed by atoms with E-state index in [0.717, 1.165) is 50.0 Å². The zero-order valence-electron chi connectivity index (χ0n) is 17.0. The van der Waals surface area contributed by atoms with E-state index in [1.54, 1.807) is 7.11 Å². The Hall–Kier alpha value is -2.47. The third-order valence-corrected chi connectivity index (χ3v) is 4.85. The van der Waals surface area contributed by atoms with Crippen LogP contribution in [0.15, 0.2) is 53.5 Å². The zero-order chi connectivity index (χ0) is 19.8. The number of hydrogen-bond acceptors (Lipinski definition) is 4. The Morgan fingerprint density at radius 1 is 1.07 bits per heavy atom. The second-order valence-electron chi connectivity index (χ2n) is 6.65. The van der Waals surface area contributed by atoms with Gasteiger partial charge in [0.2, 0.25) is 0 Å². The van der Waals surface area contributed by atoms with Gasteiger partial charge in [-0.05, 0) is 48.9 Å². The summed E-state index contributed by atoms with van der Waals surface area (Å²) in [5, 5.41) is 12.3. The summed E-state index contributed by atoms with van der Waals surface area (Å²) in [6.45, 7) is 7.28. The Bertz CT molecular complexity index is 822. The highest BCUT2D eigenvalue weighted by Crippen LogP contribution is 2.20. The number of nitrogens with one attached hydrogen (secondary N) is 1. The number of hydrogen-bond donors (Lipinski definition) is 1. The van der Waals surface area contributed by atoms with Crippen molar-refractivity contribution in [1.29, 1.82) is 5.26 Å². The van der Waals surface area contributed by atoms with Gasteiger partial charge in [-0.25, -0.2) is 4.99 Å². The summed E-state index contributed by atoms with van der Waals surface area (Å²) in [5.74, 6) is 1.83. The van der Waals surface area contributed by atoms with Gasteiger partial charge in [0.15, 0.2) is 5.96 Å². The topological polar surface area (TPSA) is 63.9 Å². The van der Waals surface area contributed by atoms with Crippen LogP contribution < -0.4 is 15.0 Å². The van der Waals surface area contributed by atoms with Crippen LogP contribution in [-0.2, 0) is 6.54 Å². The molecule has 0 aromatic heterocycles. The average molecular weight is 505 g/mol. The lowest BCUT2D eigenvalue weighted by molar-refractivity contribution is 0.372. The number of rotatable bonds is 5. The first kappa shape index (κ1) is 22.8. The number of nitriles is 1. The number of halogens is 1. The molecular weight excluding hydrogens is 477 g/mol. The zero-order valence-corrected chi connectivity index (χ0v) is 19.3. The minimum absolute atomic E-state index is 0. The second-order valence-corrected chi connectivity index (χ2v) is 6.65. The number of guanidine groups is 1. The minimum atomic E-state index is 0. The SMILES string of the molecule is CCNC(=NCc1ccc(C#N)cc1)N1CCN(c2ccc(OC)cc2)CC1.I. The highest BCUT2D eigenvalue weighted by Gasteiger charge is 2.19. The maximum absolute atomic E-state index is 8.91. The van der Waals surface area contributed by atoms with Gasteiger partial charge in [-0.3, -0.25) is 0 Å². The fraction of sp³-hybridized carbons (Fsp3) is 0.364. The van der Waals surface area contributed by atoms with Crippen molar-refractivity contribution in [2.75, 3.05) is 44.7 Å². The van der Waals surface area contributed by atoms with Crippen LogP contribution in [-0.4, -0.2) is 50.7 Å². The lowest BCUT2D eigenvalue weighted by atomic mass is 10.1. The monoisotopic (exact) mass is 505 g/mol. The molecule has 154 valence electrons. The van der Waals surface area contributed by atoms with Gasteiger partial charge in [0.05, 0.1) is 25.3 Å². The summed E-state index contributed by atoms with van der Waals surface area (Å²) in [4.78, 5) is 9.50. The smallest absolute Gasteiger partial charge is 0.194 e. The number of nitrogens with zero attached hydrogens (tertiary/aromatic N) is 4. The van der Waals surface area contributed by atoms with E-state index in [0.29, 0.717) is 12.1 Å². The van der Waals surface area contributed by atoms with E-state index < -0.39 is 0 Å². The van der Waals surface area contributed by atoms with Gasteiger partial charge in [-0.2, -0.15) is 5.26 Å². The summed E-state index contributed by atoms with van der Waals surface area (Å²) in [6.07, 6.45) is 0. The van der Waals surface area contributed by atoms with Gasteiger partial charge >= 0.3 is 0 Å². The first-order chi connectivity index (χ1) is 13.7. The number of anilines is 1. The molecule has 0 saturated carbocycles. The Morgan fingerprint density at radius 2 is 1.72 bits per heavy atom. The highest BCUT2D eigenvalue weighted by atomic mass is 127. The summed E-state index contributed by atoms with van der Waals surface area (Å²) in [5.41, 5.74) is 3.00. The molecule has 0 spiro atoms. The first-order valence-corrected chi connectivity index (χ1v) is 9.64. The molecule has 29 heavy (non-hydrogen) atoms. The highest BCUT2D eigenvalue weighted by molar-refractivity contribution is 14.0. The van der Waals surface area contributed by atoms with Crippen LogP contribution >= 0.6 is 24.0 Å². The average Bonchev–Trinajstić information content (AvgIpc) is 2.77. The van der Waals surface area contributed by atoms with Crippen molar-refractivity contribution >= 4 is 35.6 Å². The van der Waals surface area contributed by atoms with Crippen LogP contribution in [0, 0.1) is 11.3 Å². The molecule has 1 fully saturated rings. The normalized spacial score (nSPS) is 14.0. The largest absolute Gasteiger partial charge is 0.497 e. The molecule has 7 heteroatoms. The molecule has 0 bridgehead atoms. The predicted molar refractivity (Wildman–Crippen MR) is 128 cm³/mol. The van der Waals surface area contributed by atoms with Gasteiger partial charge in [0.1, 0.15) is 5.75 Å². The molecule has 2 aromatic carbocycles. The van der Waals surface area contributed by atoms with Crippen molar-refractivity contribution in [1.82, 2.24) is 10.2 Å². The van der Waals surface area contributed by atoms with Gasteiger partial charge in [-0.1, -0.05) is 12.1 Å². The molecule has 0 amide bonds. The van der Waals surface area contributed by atoms with Crippen molar-refractivity contribution in [2.45, 2.75) is 13.5 Å². The van der Waals surface area contributed by atoms with E-state index in [1.165, 1.54) is 5.69 Å². The fourth-order valence-electron chi connectivity index (χ4n) is 3.25. The van der Waals surface area contributed by atoms with E-state index >= 15 is 0 Å². The van der Waals surface area contributed by atoms with Crippen LogP contribution in [0.4, 0.5) is 5.69 Å². The van der Waals surface area contributed by atoms with Crippen molar-refractivity contribution in [3.63, 3.8) is 0 Å². The van der Waals surface area contributed by atoms with Crippen LogP contribution in [0.3, 0.4) is 0 Å². The molecule has 1 aliphatic rings. The molecule has 1 N–H and O–H groups in total. The maximum Gasteiger partial charge on any atom is 0.194 e. The number of benzene rings is 2. The Labute approximate surface area is 190 Å². The molecular formula is C22H28IN5O. The lowest BCUT2D eigenvalue weighted by Gasteiger charge is -2.37. The van der Waals surface area contributed by atoms with E-state index in [4.69, 9.17) is 15.0 Å². The molecule has 1 saturated heterocycles. The molecule has 3 rings (SSSR count). The van der Waals surface area contributed by atoms with Gasteiger partial charge < -0.3 is 19.9 Å². The molecule has 2 aromatic rings. The van der Waals surface area contributed by atoms with Crippen LogP contribution in [0.5, 0.6) is 5.75 Å². The van der Waals surface area contributed by atoms with Crippen molar-refractivity contribution < 1.29 is 4.74 Å². The Morgan fingerprint density at radius 3 is 2.28 bits per heavy atom. The number of aliphatic imine (C=N–C) groups is 1. The van der Waals surface area contributed by atoms with Crippen LogP contribution in [0.25, 0.3) is 0 Å². The molecule has 1 aliphatic heterocycles. The van der Waals surface area contributed by atoms with Gasteiger partial charge in [0.25, 0.3) is 0 Å². The Kier molecular flexibility index (Phi) is 9.06. The van der Waals surface area contributed by atoms with E-state index in [-0.39, 0.29) is 24.0 Å². The standard InChI is InChI=1S/C22H27N5O.HI/c1-3-24-22(25-17-19-6-4-18(16-23)5-7-19)27-14-12-26(13-15-27)20-8-10-21(28-2)11-9-20;/h4-11H,3,12-15,17H2,1-2H3,(H,24,25);1H. The summed E-state index contributed by atoms with van der Waals surface area (Å²) in [6, 6.07) is 18.0. The Balaban J connectivity index is 0.00000300.